The lowest BCUT2D eigenvalue weighted by molar-refractivity contribution is 0.0636. The predicted octanol–water partition coefficient (Wildman–Crippen LogP) is 2.07. The van der Waals surface area contributed by atoms with Crippen LogP contribution in [0.5, 0.6) is 0 Å². The van der Waals surface area contributed by atoms with E-state index >= 15 is 0 Å². The monoisotopic (exact) mass is 296 g/mol. The van der Waals surface area contributed by atoms with Crippen molar-refractivity contribution in [3.05, 3.63) is 17.7 Å². The SMILES string of the molecule is COCc1cc(NC(=O)OC(C)(C)C)c(N)c(N(C)N)c1. The Labute approximate surface area is 125 Å². The Bertz CT molecular complexity index is 510. The maximum absolute atomic E-state index is 11.9. The van der Waals surface area contributed by atoms with Gasteiger partial charge in [0.2, 0.25) is 0 Å². The molecule has 0 unspecified atom stereocenters. The van der Waals surface area contributed by atoms with Crippen molar-refractivity contribution in [2.75, 3.05) is 30.2 Å². The number of carbonyl (C=O) groups excluding carboxylic acids is 1. The first-order chi connectivity index (χ1) is 9.64. The zero-order valence-corrected chi connectivity index (χ0v) is 13.2. The minimum absolute atomic E-state index is 0.366. The van der Waals surface area contributed by atoms with Crippen molar-refractivity contribution < 1.29 is 14.3 Å². The summed E-state index contributed by atoms with van der Waals surface area (Å²) in [6.45, 7) is 5.74. The van der Waals surface area contributed by atoms with E-state index in [9.17, 15) is 4.79 Å². The minimum atomic E-state index is -0.587. The molecule has 0 saturated carbocycles. The predicted molar refractivity (Wildman–Crippen MR) is 84.0 cm³/mol. The zero-order chi connectivity index (χ0) is 16.2. The van der Waals surface area contributed by atoms with Gasteiger partial charge in [-0.25, -0.2) is 10.6 Å². The molecule has 118 valence electrons. The van der Waals surface area contributed by atoms with Crippen molar-refractivity contribution in [2.45, 2.75) is 33.0 Å². The summed E-state index contributed by atoms with van der Waals surface area (Å²) < 4.78 is 10.3. The normalized spacial score (nSPS) is 11.1. The van der Waals surface area contributed by atoms with Gasteiger partial charge in [0.25, 0.3) is 0 Å². The molecule has 0 aliphatic rings. The number of nitrogen functional groups attached to an aromatic ring is 1. The third kappa shape index (κ3) is 5.13. The second-order valence-corrected chi connectivity index (χ2v) is 5.75. The first-order valence-electron chi connectivity index (χ1n) is 6.54. The summed E-state index contributed by atoms with van der Waals surface area (Å²) in [5.74, 6) is 5.75. The largest absolute Gasteiger partial charge is 0.444 e. The molecule has 1 rings (SSSR count). The first kappa shape index (κ1) is 17.1. The quantitative estimate of drug-likeness (QED) is 0.446. The highest BCUT2D eigenvalue weighted by atomic mass is 16.6. The average Bonchev–Trinajstić information content (AvgIpc) is 2.30. The Morgan fingerprint density at radius 1 is 1.38 bits per heavy atom. The fraction of sp³-hybridized carbons (Fsp3) is 0.500. The van der Waals surface area contributed by atoms with Crippen LogP contribution in [-0.2, 0) is 16.1 Å². The lowest BCUT2D eigenvalue weighted by Crippen LogP contribution is -2.29. The number of nitrogens with two attached hydrogens (primary N) is 2. The summed E-state index contributed by atoms with van der Waals surface area (Å²) in [5, 5.41) is 4.02. The van der Waals surface area contributed by atoms with Crippen molar-refractivity contribution in [2.24, 2.45) is 5.84 Å². The Morgan fingerprint density at radius 2 is 2.00 bits per heavy atom. The number of rotatable bonds is 4. The Balaban J connectivity index is 3.07. The highest BCUT2D eigenvalue weighted by Crippen LogP contribution is 2.31. The number of nitrogens with one attached hydrogen (secondary N) is 1. The van der Waals surface area contributed by atoms with E-state index in [4.69, 9.17) is 21.1 Å². The second kappa shape index (κ2) is 6.64. The Kier molecular flexibility index (Phi) is 5.40. The van der Waals surface area contributed by atoms with Crippen LogP contribution < -0.4 is 21.9 Å². The number of benzene rings is 1. The van der Waals surface area contributed by atoms with Gasteiger partial charge >= 0.3 is 6.09 Å². The number of anilines is 3. The van der Waals surface area contributed by atoms with Gasteiger partial charge in [0.1, 0.15) is 5.60 Å². The summed E-state index contributed by atoms with van der Waals surface area (Å²) in [5.41, 5.74) is 7.68. The molecule has 0 radical (unpaired) electrons. The topological polar surface area (TPSA) is 103 Å². The van der Waals surface area contributed by atoms with E-state index in [0.29, 0.717) is 23.7 Å². The third-order valence-corrected chi connectivity index (χ3v) is 2.54. The van der Waals surface area contributed by atoms with Gasteiger partial charge < -0.3 is 20.2 Å². The van der Waals surface area contributed by atoms with Crippen molar-refractivity contribution >= 4 is 23.2 Å². The molecule has 7 heteroatoms. The first-order valence-corrected chi connectivity index (χ1v) is 6.54. The molecule has 5 N–H and O–H groups in total. The summed E-state index contributed by atoms with van der Waals surface area (Å²) >= 11 is 0. The van der Waals surface area contributed by atoms with E-state index in [1.54, 1.807) is 47.1 Å². The molecule has 1 aromatic carbocycles. The average molecular weight is 296 g/mol. The van der Waals surface area contributed by atoms with Gasteiger partial charge in [0.15, 0.2) is 0 Å². The van der Waals surface area contributed by atoms with Crippen LogP contribution in [0.1, 0.15) is 26.3 Å². The molecule has 0 aliphatic heterocycles. The molecular formula is C14H24N4O3. The zero-order valence-electron chi connectivity index (χ0n) is 13.2. The molecule has 7 nitrogen and oxygen atoms in total. The van der Waals surface area contributed by atoms with Crippen molar-refractivity contribution in [3.63, 3.8) is 0 Å². The van der Waals surface area contributed by atoms with Gasteiger partial charge in [-0.05, 0) is 38.5 Å². The van der Waals surface area contributed by atoms with Gasteiger partial charge in [-0.1, -0.05) is 0 Å². The van der Waals surface area contributed by atoms with Crippen molar-refractivity contribution in [3.8, 4) is 0 Å². The summed E-state index contributed by atoms with van der Waals surface area (Å²) in [7, 11) is 3.25. The molecule has 0 heterocycles. The Hall–Kier alpha value is -1.99. The lowest BCUT2D eigenvalue weighted by Gasteiger charge is -2.22. The number of hydrogen-bond acceptors (Lipinski definition) is 6. The van der Waals surface area contributed by atoms with Gasteiger partial charge in [0, 0.05) is 14.2 Å². The smallest absolute Gasteiger partial charge is 0.412 e. The highest BCUT2D eigenvalue weighted by molar-refractivity contribution is 5.93. The lowest BCUT2D eigenvalue weighted by atomic mass is 10.1. The Morgan fingerprint density at radius 3 is 2.48 bits per heavy atom. The fourth-order valence-corrected chi connectivity index (χ4v) is 1.75. The van der Waals surface area contributed by atoms with Crippen LogP contribution >= 0.6 is 0 Å². The van der Waals surface area contributed by atoms with Gasteiger partial charge in [-0.2, -0.15) is 0 Å². The maximum atomic E-state index is 11.9. The molecular weight excluding hydrogens is 272 g/mol. The van der Waals surface area contributed by atoms with E-state index in [-0.39, 0.29) is 0 Å². The van der Waals surface area contributed by atoms with Crippen LogP contribution in [0.15, 0.2) is 12.1 Å². The van der Waals surface area contributed by atoms with E-state index in [2.05, 4.69) is 5.32 Å². The van der Waals surface area contributed by atoms with Crippen LogP contribution in [0.4, 0.5) is 21.9 Å². The van der Waals surface area contributed by atoms with Gasteiger partial charge in [-0.15, -0.1) is 0 Å². The number of hydrogen-bond donors (Lipinski definition) is 3. The molecule has 1 aromatic rings. The number of nitrogens with zero attached hydrogens (tertiary/aromatic N) is 1. The summed E-state index contributed by atoms with van der Waals surface area (Å²) in [4.78, 5) is 11.9. The van der Waals surface area contributed by atoms with Gasteiger partial charge in [-0.3, -0.25) is 5.32 Å². The van der Waals surface area contributed by atoms with E-state index in [1.165, 1.54) is 5.01 Å². The summed E-state index contributed by atoms with van der Waals surface area (Å²) in [6, 6.07) is 3.54. The number of hydrazine groups is 1. The van der Waals surface area contributed by atoms with Crippen molar-refractivity contribution in [1.82, 2.24) is 0 Å². The van der Waals surface area contributed by atoms with Crippen LogP contribution in [0.2, 0.25) is 0 Å². The maximum Gasteiger partial charge on any atom is 0.412 e. The molecule has 21 heavy (non-hydrogen) atoms. The third-order valence-electron chi connectivity index (χ3n) is 2.54. The molecule has 0 bridgehead atoms. The number of ether oxygens (including phenoxy) is 2. The fourth-order valence-electron chi connectivity index (χ4n) is 1.75. The standard InChI is InChI=1S/C14H24N4O3/c1-14(2,3)21-13(19)17-10-6-9(8-20-5)7-11(12(10)15)18(4)16/h6-7H,8,15-16H2,1-5H3,(H,17,19). The van der Waals surface area contributed by atoms with E-state index in [1.807, 2.05) is 0 Å². The van der Waals surface area contributed by atoms with E-state index in [0.717, 1.165) is 5.56 Å². The summed E-state index contributed by atoms with van der Waals surface area (Å²) in [6.07, 6.45) is -0.575. The molecule has 0 atom stereocenters. The van der Waals surface area contributed by atoms with Crippen LogP contribution in [0.25, 0.3) is 0 Å². The van der Waals surface area contributed by atoms with Crippen LogP contribution in [0.3, 0.4) is 0 Å². The van der Waals surface area contributed by atoms with E-state index < -0.39 is 11.7 Å². The number of methoxy groups -OCH3 is 1. The molecule has 0 aliphatic carbocycles. The molecule has 0 aromatic heterocycles. The highest BCUT2D eigenvalue weighted by Gasteiger charge is 2.18. The molecule has 0 fully saturated rings. The number of carbonyl (C=O) groups is 1. The molecule has 0 spiro atoms. The van der Waals surface area contributed by atoms with Crippen molar-refractivity contribution in [1.29, 1.82) is 0 Å². The molecule has 1 amide bonds. The van der Waals surface area contributed by atoms with Gasteiger partial charge in [0.05, 0.1) is 23.7 Å². The van der Waals surface area contributed by atoms with Crippen LogP contribution in [0, 0.1) is 0 Å². The minimum Gasteiger partial charge on any atom is -0.444 e. The van der Waals surface area contributed by atoms with Crippen LogP contribution in [-0.4, -0.2) is 25.9 Å². The second-order valence-electron chi connectivity index (χ2n) is 5.75. The molecule has 0 saturated heterocycles. The number of amides is 1.